The Morgan fingerprint density at radius 2 is 1.67 bits per heavy atom. The summed E-state index contributed by atoms with van der Waals surface area (Å²) in [6, 6.07) is 25.6. The second-order valence-electron chi connectivity index (χ2n) is 9.40. The Labute approximate surface area is 212 Å². The molecule has 5 rings (SSSR count). The number of fused-ring (bicyclic) bond motifs is 1. The average Bonchev–Trinajstić information content (AvgIpc) is 2.90. The second kappa shape index (κ2) is 10.3. The van der Waals surface area contributed by atoms with Gasteiger partial charge in [0.2, 0.25) is 11.9 Å². The van der Waals surface area contributed by atoms with Crippen molar-refractivity contribution in [2.45, 2.75) is 39.3 Å². The summed E-state index contributed by atoms with van der Waals surface area (Å²) >= 11 is 0. The smallest absolute Gasteiger partial charge is 0.251 e. The Morgan fingerprint density at radius 1 is 0.944 bits per heavy atom. The van der Waals surface area contributed by atoms with Crippen LogP contribution in [0, 0.1) is 6.92 Å². The molecule has 0 bridgehead atoms. The molecule has 0 saturated carbocycles. The van der Waals surface area contributed by atoms with Gasteiger partial charge in [-0.15, -0.1) is 0 Å². The predicted molar refractivity (Wildman–Crippen MR) is 143 cm³/mol. The Morgan fingerprint density at radius 3 is 2.36 bits per heavy atom. The van der Waals surface area contributed by atoms with Crippen molar-refractivity contribution in [2.24, 2.45) is 4.99 Å². The largest absolute Gasteiger partial charge is 0.324 e. The zero-order chi connectivity index (χ0) is 25.1. The first-order valence-corrected chi connectivity index (χ1v) is 12.4. The molecule has 0 aliphatic carbocycles. The standard InChI is InChI=1S/C29H31N5O2/c1-3-22-11-15-25(16-12-22)33-19-32(18-23-7-5-4-6-8-23)20-34-26(17-27(35)31-29(33)34)28(36)30-24-13-9-21(2)10-14-24/h4-16,26H,3,17-20H2,1-2H3,(H,30,36)/t26-/m0/s1. The number of carbonyl (C=O) groups excluding carboxylic acids is 2. The molecule has 7 heteroatoms. The van der Waals surface area contributed by atoms with Crippen LogP contribution in [0.1, 0.15) is 30.0 Å². The highest BCUT2D eigenvalue weighted by Gasteiger charge is 2.41. The summed E-state index contributed by atoms with van der Waals surface area (Å²) in [6.45, 7) is 5.91. The van der Waals surface area contributed by atoms with E-state index >= 15 is 0 Å². The van der Waals surface area contributed by atoms with Gasteiger partial charge in [0, 0.05) is 17.9 Å². The fourth-order valence-corrected chi connectivity index (χ4v) is 4.68. The van der Waals surface area contributed by atoms with Crippen molar-refractivity contribution in [3.63, 3.8) is 0 Å². The van der Waals surface area contributed by atoms with E-state index in [0.717, 1.165) is 17.7 Å². The number of hydrogen-bond donors (Lipinski definition) is 1. The monoisotopic (exact) mass is 481 g/mol. The highest BCUT2D eigenvalue weighted by molar-refractivity contribution is 6.10. The van der Waals surface area contributed by atoms with Crippen LogP contribution in [-0.2, 0) is 22.6 Å². The summed E-state index contributed by atoms with van der Waals surface area (Å²) in [5.74, 6) is 0.0447. The summed E-state index contributed by atoms with van der Waals surface area (Å²) < 4.78 is 0. The molecule has 0 unspecified atom stereocenters. The molecule has 0 aromatic heterocycles. The number of rotatable bonds is 6. The van der Waals surface area contributed by atoms with Crippen molar-refractivity contribution in [3.8, 4) is 0 Å². The molecular weight excluding hydrogens is 450 g/mol. The van der Waals surface area contributed by atoms with E-state index in [9.17, 15) is 9.59 Å². The molecule has 2 aliphatic heterocycles. The van der Waals surface area contributed by atoms with Gasteiger partial charge in [-0.05, 0) is 48.7 Å². The lowest BCUT2D eigenvalue weighted by molar-refractivity contribution is -0.127. The summed E-state index contributed by atoms with van der Waals surface area (Å²) in [6.07, 6.45) is 0.996. The third kappa shape index (κ3) is 5.16. The van der Waals surface area contributed by atoms with Gasteiger partial charge in [0.25, 0.3) is 5.91 Å². The van der Waals surface area contributed by atoms with Crippen LogP contribution >= 0.6 is 0 Å². The zero-order valence-electron chi connectivity index (χ0n) is 20.7. The molecule has 7 nitrogen and oxygen atoms in total. The molecular formula is C29H31N5O2. The maximum Gasteiger partial charge on any atom is 0.251 e. The molecule has 184 valence electrons. The lowest BCUT2D eigenvalue weighted by Crippen LogP contribution is -2.65. The molecule has 1 saturated heterocycles. The fourth-order valence-electron chi connectivity index (χ4n) is 4.68. The lowest BCUT2D eigenvalue weighted by atomic mass is 10.1. The minimum Gasteiger partial charge on any atom is -0.324 e. The van der Waals surface area contributed by atoms with Crippen LogP contribution in [0.15, 0.2) is 83.9 Å². The minimum absolute atomic E-state index is 0.0446. The van der Waals surface area contributed by atoms with Crippen LogP contribution in [0.2, 0.25) is 0 Å². The van der Waals surface area contributed by atoms with Crippen molar-refractivity contribution in [3.05, 3.63) is 95.6 Å². The summed E-state index contributed by atoms with van der Waals surface area (Å²) in [5, 5.41) is 3.00. The summed E-state index contributed by atoms with van der Waals surface area (Å²) in [7, 11) is 0. The van der Waals surface area contributed by atoms with Gasteiger partial charge >= 0.3 is 0 Å². The van der Waals surface area contributed by atoms with Gasteiger partial charge in [0.15, 0.2) is 0 Å². The number of nitrogens with one attached hydrogen (secondary N) is 1. The SMILES string of the molecule is CCc1ccc(N2CN(Cc3ccccc3)CN3C2=NC(=O)C[C@H]3C(=O)Nc2ccc(C)cc2)cc1. The molecule has 3 aromatic rings. The molecule has 1 N–H and O–H groups in total. The topological polar surface area (TPSA) is 68.2 Å². The van der Waals surface area contributed by atoms with Crippen LogP contribution in [0.25, 0.3) is 0 Å². The van der Waals surface area contributed by atoms with E-state index in [4.69, 9.17) is 0 Å². The number of aliphatic imine (C=N–C) groups is 1. The Hall–Kier alpha value is -3.97. The van der Waals surface area contributed by atoms with Crippen LogP contribution in [-0.4, -0.2) is 47.0 Å². The van der Waals surface area contributed by atoms with Gasteiger partial charge in [-0.3, -0.25) is 19.4 Å². The number of nitrogens with zero attached hydrogens (tertiary/aromatic N) is 4. The van der Waals surface area contributed by atoms with Crippen LogP contribution in [0.4, 0.5) is 11.4 Å². The first-order valence-electron chi connectivity index (χ1n) is 12.4. The number of anilines is 2. The molecule has 2 heterocycles. The van der Waals surface area contributed by atoms with Gasteiger partial charge in [0.1, 0.15) is 6.04 Å². The first-order chi connectivity index (χ1) is 17.5. The van der Waals surface area contributed by atoms with Crippen molar-refractivity contribution in [1.29, 1.82) is 0 Å². The third-order valence-corrected chi connectivity index (χ3v) is 6.69. The molecule has 2 amide bonds. The Kier molecular flexibility index (Phi) is 6.82. The van der Waals surface area contributed by atoms with Crippen molar-refractivity contribution >= 4 is 29.1 Å². The normalized spacial score (nSPS) is 18.0. The van der Waals surface area contributed by atoms with E-state index in [1.807, 2.05) is 59.2 Å². The van der Waals surface area contributed by atoms with E-state index in [1.165, 1.54) is 11.1 Å². The van der Waals surface area contributed by atoms with Crippen molar-refractivity contribution in [2.75, 3.05) is 23.6 Å². The number of carbonyl (C=O) groups is 2. The molecule has 3 aromatic carbocycles. The van der Waals surface area contributed by atoms with Gasteiger partial charge in [0.05, 0.1) is 19.8 Å². The van der Waals surface area contributed by atoms with Gasteiger partial charge in [-0.1, -0.05) is 67.1 Å². The van der Waals surface area contributed by atoms with Crippen molar-refractivity contribution in [1.82, 2.24) is 9.80 Å². The minimum atomic E-state index is -0.651. The maximum atomic E-state index is 13.4. The number of guanidine groups is 1. The Balaban J connectivity index is 1.46. The maximum absolute atomic E-state index is 13.4. The lowest BCUT2D eigenvalue weighted by Gasteiger charge is -2.48. The molecule has 1 atom stereocenters. The number of amides is 2. The molecule has 2 aliphatic rings. The Bertz CT molecular complexity index is 1260. The fraction of sp³-hybridized carbons (Fsp3) is 0.276. The summed E-state index contributed by atoms with van der Waals surface area (Å²) in [5.41, 5.74) is 5.21. The number of benzene rings is 3. The van der Waals surface area contributed by atoms with E-state index < -0.39 is 6.04 Å². The summed E-state index contributed by atoms with van der Waals surface area (Å²) in [4.78, 5) is 36.9. The quantitative estimate of drug-likeness (QED) is 0.566. The van der Waals surface area contributed by atoms with Crippen LogP contribution in [0.3, 0.4) is 0 Å². The molecule has 0 spiro atoms. The molecule has 0 radical (unpaired) electrons. The van der Waals surface area contributed by atoms with Crippen LogP contribution < -0.4 is 10.2 Å². The zero-order valence-corrected chi connectivity index (χ0v) is 20.7. The van der Waals surface area contributed by atoms with E-state index in [1.54, 1.807) is 0 Å². The first kappa shape index (κ1) is 23.8. The van der Waals surface area contributed by atoms with E-state index in [2.05, 4.69) is 58.5 Å². The third-order valence-electron chi connectivity index (χ3n) is 6.69. The molecule has 1 fully saturated rings. The van der Waals surface area contributed by atoms with Crippen LogP contribution in [0.5, 0.6) is 0 Å². The number of aryl methyl sites for hydroxylation is 2. The van der Waals surface area contributed by atoms with Gasteiger partial charge in [-0.25, -0.2) is 0 Å². The highest BCUT2D eigenvalue weighted by atomic mass is 16.2. The van der Waals surface area contributed by atoms with E-state index in [0.29, 0.717) is 31.5 Å². The highest BCUT2D eigenvalue weighted by Crippen LogP contribution is 2.28. The second-order valence-corrected chi connectivity index (χ2v) is 9.40. The van der Waals surface area contributed by atoms with E-state index in [-0.39, 0.29) is 18.2 Å². The van der Waals surface area contributed by atoms with Gasteiger partial charge in [-0.2, -0.15) is 4.99 Å². The number of hydrogen-bond acceptors (Lipinski definition) is 5. The average molecular weight is 482 g/mol. The van der Waals surface area contributed by atoms with Gasteiger partial charge < -0.3 is 10.2 Å². The molecule has 36 heavy (non-hydrogen) atoms. The van der Waals surface area contributed by atoms with Crippen molar-refractivity contribution < 1.29 is 9.59 Å². The predicted octanol–water partition coefficient (Wildman–Crippen LogP) is 4.39.